The van der Waals surface area contributed by atoms with Gasteiger partial charge in [0.05, 0.1) is 0 Å². The molecule has 0 aromatic carbocycles. The van der Waals surface area contributed by atoms with Gasteiger partial charge < -0.3 is 10.6 Å². The minimum Gasteiger partial charge on any atom is -0.359 e. The van der Waals surface area contributed by atoms with Gasteiger partial charge in [0.15, 0.2) is 0 Å². The van der Waals surface area contributed by atoms with E-state index in [0.717, 1.165) is 6.42 Å². The van der Waals surface area contributed by atoms with Gasteiger partial charge >= 0.3 is 0 Å². The van der Waals surface area contributed by atoms with Crippen LogP contribution in [0.1, 0.15) is 26.2 Å². The van der Waals surface area contributed by atoms with Crippen molar-refractivity contribution < 1.29 is 14.4 Å². The number of hydrogen-bond donors (Lipinski definition) is 2. The van der Waals surface area contributed by atoms with Crippen molar-refractivity contribution in [3.8, 4) is 0 Å². The molecule has 0 heterocycles. The molecule has 0 saturated heterocycles. The monoisotopic (exact) mass is 200 g/mol. The van der Waals surface area contributed by atoms with Gasteiger partial charge in [-0.15, -0.1) is 0 Å². The number of nitrogens with one attached hydrogen (secondary N) is 2. The molecule has 80 valence electrons. The molecule has 0 unspecified atom stereocenters. The fraction of sp³-hybridized carbons (Fsp3) is 0.667. The fourth-order valence-corrected chi connectivity index (χ4v) is 0.861. The molecule has 0 aromatic heterocycles. The third-order valence-corrected chi connectivity index (χ3v) is 1.60. The average molecular weight is 200 g/mol. The van der Waals surface area contributed by atoms with Crippen LogP contribution in [0.5, 0.6) is 0 Å². The molecule has 0 aliphatic rings. The highest BCUT2D eigenvalue weighted by molar-refractivity contribution is 6.36. The van der Waals surface area contributed by atoms with E-state index in [1.165, 1.54) is 0 Å². The number of Topliss-reactive ketones (excluding diaryl/α,β-unsaturated/α-hetero) is 1. The van der Waals surface area contributed by atoms with Gasteiger partial charge in [0.25, 0.3) is 5.91 Å². The molecule has 0 aliphatic heterocycles. The van der Waals surface area contributed by atoms with E-state index in [2.05, 4.69) is 10.6 Å². The van der Waals surface area contributed by atoms with Gasteiger partial charge in [0, 0.05) is 19.5 Å². The van der Waals surface area contributed by atoms with Crippen molar-refractivity contribution in [1.82, 2.24) is 10.6 Å². The van der Waals surface area contributed by atoms with Crippen molar-refractivity contribution in [2.45, 2.75) is 26.2 Å². The highest BCUT2D eigenvalue weighted by Crippen LogP contribution is 1.89. The minimum absolute atomic E-state index is 0.177. The first-order valence-corrected chi connectivity index (χ1v) is 4.70. The standard InChI is InChI=1S/C9H16N2O3/c1-2-5-11-9(14)8(13)4-3-6-10-7-12/h7H,2-6H2,1H3,(H,10,12)(H,11,14). The van der Waals surface area contributed by atoms with Crippen LogP contribution in [0.3, 0.4) is 0 Å². The molecule has 2 N–H and O–H groups in total. The highest BCUT2D eigenvalue weighted by Gasteiger charge is 2.11. The zero-order valence-electron chi connectivity index (χ0n) is 8.34. The van der Waals surface area contributed by atoms with Gasteiger partial charge in [-0.25, -0.2) is 0 Å². The van der Waals surface area contributed by atoms with Gasteiger partial charge in [0.2, 0.25) is 12.2 Å². The Hall–Kier alpha value is -1.39. The number of rotatable bonds is 8. The van der Waals surface area contributed by atoms with E-state index in [-0.39, 0.29) is 6.42 Å². The summed E-state index contributed by atoms with van der Waals surface area (Å²) in [6, 6.07) is 0. The Bertz CT molecular complexity index is 204. The summed E-state index contributed by atoms with van der Waals surface area (Å²) in [6.07, 6.45) is 2.06. The molecule has 0 rings (SSSR count). The number of ketones is 1. The molecule has 0 aliphatic carbocycles. The van der Waals surface area contributed by atoms with Gasteiger partial charge in [-0.2, -0.15) is 0 Å². The summed E-state index contributed by atoms with van der Waals surface area (Å²) in [5.41, 5.74) is 0. The van der Waals surface area contributed by atoms with Crippen molar-refractivity contribution in [3.05, 3.63) is 0 Å². The van der Waals surface area contributed by atoms with Crippen molar-refractivity contribution in [2.24, 2.45) is 0 Å². The van der Waals surface area contributed by atoms with Gasteiger partial charge in [-0.1, -0.05) is 6.92 Å². The molecule has 0 radical (unpaired) electrons. The molecule has 2 amide bonds. The predicted octanol–water partition coefficient (Wildman–Crippen LogP) is -0.392. The maximum atomic E-state index is 11.1. The summed E-state index contributed by atoms with van der Waals surface area (Å²) >= 11 is 0. The smallest absolute Gasteiger partial charge is 0.287 e. The quantitative estimate of drug-likeness (QED) is 0.318. The van der Waals surface area contributed by atoms with Gasteiger partial charge in [-0.3, -0.25) is 14.4 Å². The van der Waals surface area contributed by atoms with E-state index >= 15 is 0 Å². The lowest BCUT2D eigenvalue weighted by Crippen LogP contribution is -2.31. The summed E-state index contributed by atoms with van der Waals surface area (Å²) in [5, 5.41) is 4.92. The molecule has 14 heavy (non-hydrogen) atoms. The van der Waals surface area contributed by atoms with Crippen LogP contribution in [-0.4, -0.2) is 31.2 Å². The summed E-state index contributed by atoms with van der Waals surface area (Å²) in [6.45, 7) is 2.87. The molecule has 0 saturated carbocycles. The van der Waals surface area contributed by atoms with Crippen LogP contribution in [-0.2, 0) is 14.4 Å². The Morgan fingerprint density at radius 3 is 2.57 bits per heavy atom. The molecule has 0 bridgehead atoms. The first-order chi connectivity index (χ1) is 6.72. The highest BCUT2D eigenvalue weighted by atomic mass is 16.2. The second-order valence-electron chi connectivity index (χ2n) is 2.85. The molecule has 0 aromatic rings. The number of amides is 2. The summed E-state index contributed by atoms with van der Waals surface area (Å²) in [5.74, 6) is -0.955. The Labute approximate surface area is 83.2 Å². The van der Waals surface area contributed by atoms with E-state index < -0.39 is 11.7 Å². The molecule has 0 atom stereocenters. The second-order valence-corrected chi connectivity index (χ2v) is 2.85. The lowest BCUT2D eigenvalue weighted by Gasteiger charge is -2.01. The Kier molecular flexibility index (Phi) is 7.40. The fourth-order valence-electron chi connectivity index (χ4n) is 0.861. The predicted molar refractivity (Wildman–Crippen MR) is 51.6 cm³/mol. The minimum atomic E-state index is -0.530. The molecule has 5 nitrogen and oxygen atoms in total. The van der Waals surface area contributed by atoms with Crippen LogP contribution in [0.2, 0.25) is 0 Å². The molecule has 5 heteroatoms. The SMILES string of the molecule is CCCNC(=O)C(=O)CCCNC=O. The topological polar surface area (TPSA) is 75.3 Å². The molecule has 0 spiro atoms. The van der Waals surface area contributed by atoms with E-state index in [1.54, 1.807) is 0 Å². The van der Waals surface area contributed by atoms with Crippen LogP contribution in [0.15, 0.2) is 0 Å². The van der Waals surface area contributed by atoms with Crippen molar-refractivity contribution in [1.29, 1.82) is 0 Å². The molecular formula is C9H16N2O3. The van der Waals surface area contributed by atoms with Crippen LogP contribution >= 0.6 is 0 Å². The molecular weight excluding hydrogens is 184 g/mol. The summed E-state index contributed by atoms with van der Waals surface area (Å²) < 4.78 is 0. The van der Waals surface area contributed by atoms with Crippen molar-refractivity contribution in [2.75, 3.05) is 13.1 Å². The van der Waals surface area contributed by atoms with E-state index in [4.69, 9.17) is 0 Å². The second kappa shape index (κ2) is 8.22. The number of carbonyl (C=O) groups excluding carboxylic acids is 3. The Balaban J connectivity index is 3.52. The summed E-state index contributed by atoms with van der Waals surface area (Å²) in [4.78, 5) is 31.9. The number of hydrogen-bond acceptors (Lipinski definition) is 3. The van der Waals surface area contributed by atoms with Gasteiger partial charge in [-0.05, 0) is 12.8 Å². The zero-order chi connectivity index (χ0) is 10.8. The first kappa shape index (κ1) is 12.6. The largest absolute Gasteiger partial charge is 0.359 e. The Morgan fingerprint density at radius 1 is 1.29 bits per heavy atom. The normalized spacial score (nSPS) is 9.21. The van der Waals surface area contributed by atoms with Crippen molar-refractivity contribution in [3.63, 3.8) is 0 Å². The van der Waals surface area contributed by atoms with Crippen LogP contribution < -0.4 is 10.6 Å². The first-order valence-electron chi connectivity index (χ1n) is 4.70. The van der Waals surface area contributed by atoms with Crippen molar-refractivity contribution >= 4 is 18.1 Å². The number of carbonyl (C=O) groups is 3. The zero-order valence-corrected chi connectivity index (χ0v) is 8.34. The van der Waals surface area contributed by atoms with Crippen LogP contribution in [0.4, 0.5) is 0 Å². The third kappa shape index (κ3) is 6.16. The summed E-state index contributed by atoms with van der Waals surface area (Å²) in [7, 11) is 0. The van der Waals surface area contributed by atoms with E-state index in [0.29, 0.717) is 25.9 Å². The average Bonchev–Trinajstić information content (AvgIpc) is 2.20. The lowest BCUT2D eigenvalue weighted by molar-refractivity contribution is -0.137. The van der Waals surface area contributed by atoms with Crippen LogP contribution in [0, 0.1) is 0 Å². The van der Waals surface area contributed by atoms with E-state index in [9.17, 15) is 14.4 Å². The Morgan fingerprint density at radius 2 is 2.00 bits per heavy atom. The third-order valence-electron chi connectivity index (χ3n) is 1.60. The molecule has 0 fully saturated rings. The maximum absolute atomic E-state index is 11.1. The lowest BCUT2D eigenvalue weighted by atomic mass is 10.2. The maximum Gasteiger partial charge on any atom is 0.287 e. The van der Waals surface area contributed by atoms with Crippen LogP contribution in [0.25, 0.3) is 0 Å². The van der Waals surface area contributed by atoms with Gasteiger partial charge in [0.1, 0.15) is 0 Å². The van der Waals surface area contributed by atoms with E-state index in [1.807, 2.05) is 6.92 Å².